The first kappa shape index (κ1) is 21.9. The van der Waals surface area contributed by atoms with E-state index in [0.717, 1.165) is 28.2 Å². The largest absolute Gasteiger partial charge is 0.497 e. The first-order chi connectivity index (χ1) is 14.6. The summed E-state index contributed by atoms with van der Waals surface area (Å²) >= 11 is 0. The zero-order chi connectivity index (χ0) is 21.4. The average Bonchev–Trinajstić information content (AvgIpc) is 2.82. The van der Waals surface area contributed by atoms with Crippen molar-refractivity contribution in [1.82, 2.24) is 0 Å². The van der Waals surface area contributed by atoms with Gasteiger partial charge in [-0.3, -0.25) is 0 Å². The number of methoxy groups -OCH3 is 2. The fraction of sp³-hybridized carbons (Fsp3) is 0.308. The van der Waals surface area contributed by atoms with Crippen LogP contribution in [0.15, 0.2) is 78.9 Å². The molecular formula is C26H30O4. The van der Waals surface area contributed by atoms with Gasteiger partial charge in [0.05, 0.1) is 26.9 Å². The standard InChI is InChI=1S/C26H30O4/c1-4-23(27)18-19-30-26(20-8-6-5-7-9-20,21-10-14-24(28-2)15-11-21)22-12-16-25(29-3)17-13-22/h5-17,23,27H,4,18-19H2,1-3H3. The van der Waals surface area contributed by atoms with Crippen LogP contribution in [0.1, 0.15) is 36.5 Å². The van der Waals surface area contributed by atoms with Crippen molar-refractivity contribution in [3.8, 4) is 11.5 Å². The van der Waals surface area contributed by atoms with Gasteiger partial charge in [0.15, 0.2) is 0 Å². The molecule has 0 aromatic heterocycles. The monoisotopic (exact) mass is 406 g/mol. The molecule has 3 aromatic rings. The van der Waals surface area contributed by atoms with E-state index in [9.17, 15) is 5.11 Å². The van der Waals surface area contributed by atoms with Crippen molar-refractivity contribution in [1.29, 1.82) is 0 Å². The number of hydrogen-bond donors (Lipinski definition) is 1. The van der Waals surface area contributed by atoms with Gasteiger partial charge >= 0.3 is 0 Å². The quantitative estimate of drug-likeness (QED) is 0.472. The molecule has 0 spiro atoms. The van der Waals surface area contributed by atoms with Crippen LogP contribution in [0.4, 0.5) is 0 Å². The molecule has 0 aliphatic carbocycles. The number of hydrogen-bond acceptors (Lipinski definition) is 4. The van der Waals surface area contributed by atoms with Crippen molar-refractivity contribution in [3.63, 3.8) is 0 Å². The molecular weight excluding hydrogens is 376 g/mol. The molecule has 3 aromatic carbocycles. The minimum atomic E-state index is -0.826. The molecule has 4 nitrogen and oxygen atoms in total. The van der Waals surface area contributed by atoms with E-state index in [2.05, 4.69) is 12.1 Å². The first-order valence-corrected chi connectivity index (χ1v) is 10.3. The molecule has 30 heavy (non-hydrogen) atoms. The van der Waals surface area contributed by atoms with E-state index < -0.39 is 5.60 Å². The van der Waals surface area contributed by atoms with Crippen LogP contribution < -0.4 is 9.47 Å². The Morgan fingerprint density at radius 2 is 1.20 bits per heavy atom. The molecule has 158 valence electrons. The predicted molar refractivity (Wildman–Crippen MR) is 119 cm³/mol. The molecule has 0 fully saturated rings. The molecule has 1 N–H and O–H groups in total. The molecule has 0 aliphatic rings. The summed E-state index contributed by atoms with van der Waals surface area (Å²) in [6.45, 7) is 2.39. The van der Waals surface area contributed by atoms with Gasteiger partial charge in [-0.05, 0) is 53.8 Å². The second kappa shape index (κ2) is 10.3. The lowest BCUT2D eigenvalue weighted by Gasteiger charge is -2.36. The smallest absolute Gasteiger partial charge is 0.143 e. The van der Waals surface area contributed by atoms with Gasteiger partial charge in [-0.15, -0.1) is 0 Å². The molecule has 0 saturated carbocycles. The Morgan fingerprint density at radius 3 is 1.63 bits per heavy atom. The highest BCUT2D eigenvalue weighted by Crippen LogP contribution is 2.41. The second-order valence-electron chi connectivity index (χ2n) is 7.20. The third-order valence-corrected chi connectivity index (χ3v) is 5.41. The van der Waals surface area contributed by atoms with Crippen LogP contribution in [-0.2, 0) is 10.3 Å². The van der Waals surface area contributed by atoms with Gasteiger partial charge in [0.2, 0.25) is 0 Å². The summed E-state index contributed by atoms with van der Waals surface area (Å²) in [5, 5.41) is 10.1. The van der Waals surface area contributed by atoms with Crippen LogP contribution in [0, 0.1) is 0 Å². The molecule has 1 atom stereocenters. The lowest BCUT2D eigenvalue weighted by Crippen LogP contribution is -2.34. The van der Waals surface area contributed by atoms with E-state index in [4.69, 9.17) is 14.2 Å². The summed E-state index contributed by atoms with van der Waals surface area (Å²) in [5.74, 6) is 1.58. The highest BCUT2D eigenvalue weighted by Gasteiger charge is 2.37. The minimum Gasteiger partial charge on any atom is -0.497 e. The Balaban J connectivity index is 2.15. The summed E-state index contributed by atoms with van der Waals surface area (Å²) in [7, 11) is 3.32. The highest BCUT2D eigenvalue weighted by atomic mass is 16.5. The normalized spacial score (nSPS) is 12.4. The van der Waals surface area contributed by atoms with Gasteiger partial charge in [0.1, 0.15) is 17.1 Å². The summed E-state index contributed by atoms with van der Waals surface area (Å²) in [5.41, 5.74) is 2.18. The Labute approximate surface area is 179 Å². The average molecular weight is 407 g/mol. The first-order valence-electron chi connectivity index (χ1n) is 10.3. The number of rotatable bonds is 10. The Bertz CT molecular complexity index is 841. The van der Waals surface area contributed by atoms with E-state index >= 15 is 0 Å². The fourth-order valence-corrected chi connectivity index (χ4v) is 3.63. The second-order valence-corrected chi connectivity index (χ2v) is 7.20. The lowest BCUT2D eigenvalue weighted by atomic mass is 9.80. The summed E-state index contributed by atoms with van der Waals surface area (Å²) in [6, 6.07) is 26.1. The Morgan fingerprint density at radius 1 is 0.733 bits per heavy atom. The van der Waals surface area contributed by atoms with Crippen molar-refractivity contribution in [2.75, 3.05) is 20.8 Å². The molecule has 0 bridgehead atoms. The SMILES string of the molecule is CCC(O)CCOC(c1ccccc1)(c1ccc(OC)cc1)c1ccc(OC)cc1. The Hall–Kier alpha value is -2.82. The topological polar surface area (TPSA) is 47.9 Å². The highest BCUT2D eigenvalue weighted by molar-refractivity contribution is 5.49. The third kappa shape index (κ3) is 4.66. The fourth-order valence-electron chi connectivity index (χ4n) is 3.63. The van der Waals surface area contributed by atoms with Crippen molar-refractivity contribution >= 4 is 0 Å². The van der Waals surface area contributed by atoms with Gasteiger partial charge in [-0.1, -0.05) is 61.5 Å². The molecule has 0 heterocycles. The van der Waals surface area contributed by atoms with E-state index in [1.807, 2.05) is 73.7 Å². The van der Waals surface area contributed by atoms with E-state index in [1.54, 1.807) is 14.2 Å². The molecule has 1 unspecified atom stereocenters. The van der Waals surface area contributed by atoms with Gasteiger partial charge in [-0.25, -0.2) is 0 Å². The lowest BCUT2D eigenvalue weighted by molar-refractivity contribution is -0.00572. The number of aliphatic hydroxyl groups is 1. The number of benzene rings is 3. The van der Waals surface area contributed by atoms with Gasteiger partial charge < -0.3 is 19.3 Å². The van der Waals surface area contributed by atoms with Crippen LogP contribution in [0.5, 0.6) is 11.5 Å². The maximum absolute atomic E-state index is 10.1. The van der Waals surface area contributed by atoms with E-state index in [-0.39, 0.29) is 6.10 Å². The third-order valence-electron chi connectivity index (χ3n) is 5.41. The zero-order valence-electron chi connectivity index (χ0n) is 17.9. The Kier molecular flexibility index (Phi) is 7.50. The van der Waals surface area contributed by atoms with E-state index in [1.165, 1.54) is 0 Å². The van der Waals surface area contributed by atoms with E-state index in [0.29, 0.717) is 19.4 Å². The summed E-state index contributed by atoms with van der Waals surface area (Å²) in [4.78, 5) is 0. The van der Waals surface area contributed by atoms with Crippen molar-refractivity contribution in [2.24, 2.45) is 0 Å². The predicted octanol–water partition coefficient (Wildman–Crippen LogP) is 5.17. The maximum atomic E-state index is 10.1. The van der Waals surface area contributed by atoms with Gasteiger partial charge in [0.25, 0.3) is 0 Å². The maximum Gasteiger partial charge on any atom is 0.143 e. The molecule has 4 heteroatoms. The minimum absolute atomic E-state index is 0.384. The number of aliphatic hydroxyl groups excluding tert-OH is 1. The van der Waals surface area contributed by atoms with Crippen LogP contribution in [0.2, 0.25) is 0 Å². The molecule has 0 radical (unpaired) electrons. The van der Waals surface area contributed by atoms with Crippen LogP contribution in [-0.4, -0.2) is 32.0 Å². The zero-order valence-corrected chi connectivity index (χ0v) is 17.9. The van der Waals surface area contributed by atoms with Gasteiger partial charge in [-0.2, -0.15) is 0 Å². The number of ether oxygens (including phenoxy) is 3. The molecule has 3 rings (SSSR count). The van der Waals surface area contributed by atoms with Gasteiger partial charge in [0, 0.05) is 0 Å². The van der Waals surface area contributed by atoms with Crippen LogP contribution >= 0.6 is 0 Å². The molecule has 0 aliphatic heterocycles. The van der Waals surface area contributed by atoms with Crippen molar-refractivity contribution in [3.05, 3.63) is 95.6 Å². The van der Waals surface area contributed by atoms with Crippen molar-refractivity contribution in [2.45, 2.75) is 31.5 Å². The van der Waals surface area contributed by atoms with Crippen LogP contribution in [0.25, 0.3) is 0 Å². The molecule has 0 amide bonds. The summed E-state index contributed by atoms with van der Waals surface area (Å²) in [6.07, 6.45) is 0.884. The summed E-state index contributed by atoms with van der Waals surface area (Å²) < 4.78 is 17.4. The molecule has 0 saturated heterocycles. The van der Waals surface area contributed by atoms with Crippen molar-refractivity contribution < 1.29 is 19.3 Å². The van der Waals surface area contributed by atoms with Crippen LogP contribution in [0.3, 0.4) is 0 Å².